The van der Waals surface area contributed by atoms with Crippen molar-refractivity contribution >= 4 is 5.91 Å². The molecule has 0 unspecified atom stereocenters. The predicted molar refractivity (Wildman–Crippen MR) is 45.8 cm³/mol. The third-order valence-corrected chi connectivity index (χ3v) is 1.39. The maximum atomic E-state index is 10.9. The molecule has 1 amide bonds. The lowest BCUT2D eigenvalue weighted by molar-refractivity contribution is -0.124. The lowest BCUT2D eigenvalue weighted by Gasteiger charge is -2.02. The van der Waals surface area contributed by atoms with Crippen molar-refractivity contribution in [1.82, 2.24) is 15.3 Å². The molecule has 0 saturated carbocycles. The van der Waals surface area contributed by atoms with Gasteiger partial charge < -0.3 is 10.1 Å². The molecule has 1 rings (SSSR count). The molecule has 0 aliphatic rings. The van der Waals surface area contributed by atoms with Crippen molar-refractivity contribution in [3.8, 4) is 0 Å². The van der Waals surface area contributed by atoms with Crippen molar-refractivity contribution in [2.24, 2.45) is 0 Å². The molecular weight excluding hydrogens is 170 g/mol. The molecule has 70 valence electrons. The van der Waals surface area contributed by atoms with Crippen LogP contribution in [-0.2, 0) is 16.1 Å². The molecule has 0 atom stereocenters. The van der Waals surface area contributed by atoms with E-state index >= 15 is 0 Å². The molecule has 5 heteroatoms. The van der Waals surface area contributed by atoms with E-state index in [1.165, 1.54) is 13.4 Å². The fraction of sp³-hybridized carbons (Fsp3) is 0.375. The van der Waals surface area contributed by atoms with Gasteiger partial charge in [0.25, 0.3) is 0 Å². The molecule has 0 aliphatic carbocycles. The lowest BCUT2D eigenvalue weighted by Crippen LogP contribution is -2.26. The van der Waals surface area contributed by atoms with Crippen LogP contribution in [0.15, 0.2) is 18.6 Å². The Morgan fingerprint density at radius 3 is 3.15 bits per heavy atom. The first-order valence-corrected chi connectivity index (χ1v) is 3.83. The summed E-state index contributed by atoms with van der Waals surface area (Å²) >= 11 is 0. The highest BCUT2D eigenvalue weighted by Gasteiger charge is 1.99. The highest BCUT2D eigenvalue weighted by molar-refractivity contribution is 5.77. The van der Waals surface area contributed by atoms with Crippen LogP contribution in [0.2, 0.25) is 0 Å². The Balaban J connectivity index is 2.31. The third kappa shape index (κ3) is 3.62. The summed E-state index contributed by atoms with van der Waals surface area (Å²) in [6.45, 7) is 0.482. The number of carbonyl (C=O) groups is 1. The van der Waals surface area contributed by atoms with Gasteiger partial charge in [0.1, 0.15) is 12.9 Å². The molecule has 1 aromatic rings. The van der Waals surface area contributed by atoms with Gasteiger partial charge in [0.05, 0.1) is 12.2 Å². The van der Waals surface area contributed by atoms with E-state index in [0.717, 1.165) is 5.69 Å². The Labute approximate surface area is 76.2 Å². The van der Waals surface area contributed by atoms with Crippen molar-refractivity contribution < 1.29 is 9.53 Å². The number of aromatic nitrogens is 2. The first-order valence-electron chi connectivity index (χ1n) is 3.83. The summed E-state index contributed by atoms with van der Waals surface area (Å²) in [7, 11) is 1.48. The number of ether oxygens (including phenoxy) is 1. The Morgan fingerprint density at radius 1 is 1.69 bits per heavy atom. The second-order valence-electron chi connectivity index (χ2n) is 2.41. The van der Waals surface area contributed by atoms with E-state index in [-0.39, 0.29) is 12.5 Å². The average molecular weight is 181 g/mol. The monoisotopic (exact) mass is 181 g/mol. The highest BCUT2D eigenvalue weighted by Crippen LogP contribution is 1.88. The van der Waals surface area contributed by atoms with Gasteiger partial charge in [-0.15, -0.1) is 0 Å². The van der Waals surface area contributed by atoms with E-state index in [2.05, 4.69) is 20.0 Å². The van der Waals surface area contributed by atoms with Gasteiger partial charge in [-0.3, -0.25) is 4.79 Å². The van der Waals surface area contributed by atoms with Crippen molar-refractivity contribution in [2.75, 3.05) is 13.7 Å². The molecular formula is C8H11N3O2. The number of amides is 1. The number of carbonyl (C=O) groups excluding carboxylic acids is 1. The third-order valence-electron chi connectivity index (χ3n) is 1.39. The predicted octanol–water partition coefficient (Wildman–Crippen LogP) is -0.261. The highest BCUT2D eigenvalue weighted by atomic mass is 16.5. The van der Waals surface area contributed by atoms with Gasteiger partial charge in [0.2, 0.25) is 5.91 Å². The molecule has 1 aromatic heterocycles. The summed E-state index contributed by atoms with van der Waals surface area (Å²) in [6, 6.07) is 1.74. The van der Waals surface area contributed by atoms with Crippen LogP contribution in [0, 0.1) is 0 Å². The zero-order valence-corrected chi connectivity index (χ0v) is 7.36. The van der Waals surface area contributed by atoms with Crippen LogP contribution in [0.5, 0.6) is 0 Å². The number of nitrogens with one attached hydrogen (secondary N) is 1. The van der Waals surface area contributed by atoms with Gasteiger partial charge in [0, 0.05) is 13.3 Å². The van der Waals surface area contributed by atoms with Gasteiger partial charge in [-0.1, -0.05) is 0 Å². The maximum absolute atomic E-state index is 10.9. The Hall–Kier alpha value is -1.49. The minimum atomic E-state index is -0.152. The summed E-state index contributed by atoms with van der Waals surface area (Å²) in [5.74, 6) is -0.152. The van der Waals surface area contributed by atoms with Crippen LogP contribution in [0.1, 0.15) is 5.69 Å². The molecule has 0 saturated heterocycles. The molecule has 0 fully saturated rings. The first kappa shape index (κ1) is 9.60. The lowest BCUT2D eigenvalue weighted by atomic mass is 10.4. The van der Waals surface area contributed by atoms with Gasteiger partial charge in [-0.05, 0) is 6.07 Å². The molecule has 1 N–H and O–H groups in total. The Kier molecular flexibility index (Phi) is 3.84. The fourth-order valence-corrected chi connectivity index (χ4v) is 0.794. The van der Waals surface area contributed by atoms with Gasteiger partial charge in [-0.25, -0.2) is 9.97 Å². The van der Waals surface area contributed by atoms with Crippen LogP contribution in [0.3, 0.4) is 0 Å². The van der Waals surface area contributed by atoms with Crippen LogP contribution >= 0.6 is 0 Å². The summed E-state index contributed by atoms with van der Waals surface area (Å²) in [4.78, 5) is 18.6. The second-order valence-corrected chi connectivity index (χ2v) is 2.41. The topological polar surface area (TPSA) is 64.1 Å². The van der Waals surface area contributed by atoms with E-state index in [1.807, 2.05) is 0 Å². The van der Waals surface area contributed by atoms with Gasteiger partial charge in [-0.2, -0.15) is 0 Å². The number of rotatable bonds is 4. The van der Waals surface area contributed by atoms with E-state index in [0.29, 0.717) is 6.54 Å². The van der Waals surface area contributed by atoms with Crippen molar-refractivity contribution in [3.63, 3.8) is 0 Å². The van der Waals surface area contributed by atoms with Crippen molar-refractivity contribution in [1.29, 1.82) is 0 Å². The molecule has 13 heavy (non-hydrogen) atoms. The van der Waals surface area contributed by atoms with E-state index in [9.17, 15) is 4.79 Å². The summed E-state index contributed by atoms with van der Waals surface area (Å²) < 4.78 is 4.65. The molecule has 0 aliphatic heterocycles. The zero-order chi connectivity index (χ0) is 9.52. The van der Waals surface area contributed by atoms with Gasteiger partial charge in [0.15, 0.2) is 0 Å². The largest absolute Gasteiger partial charge is 0.375 e. The van der Waals surface area contributed by atoms with Gasteiger partial charge >= 0.3 is 0 Å². The fourth-order valence-electron chi connectivity index (χ4n) is 0.794. The van der Waals surface area contributed by atoms with Crippen LogP contribution < -0.4 is 5.32 Å². The smallest absolute Gasteiger partial charge is 0.246 e. The quantitative estimate of drug-likeness (QED) is 0.695. The van der Waals surface area contributed by atoms with E-state index in [1.54, 1.807) is 12.3 Å². The summed E-state index contributed by atoms with van der Waals surface area (Å²) in [6.07, 6.45) is 3.07. The van der Waals surface area contributed by atoms with E-state index in [4.69, 9.17) is 0 Å². The summed E-state index contributed by atoms with van der Waals surface area (Å²) in [5.41, 5.74) is 0.777. The standard InChI is InChI=1S/C8H11N3O2/c1-13-5-8(12)10-4-7-2-3-9-6-11-7/h2-3,6H,4-5H2,1H3,(H,10,12). The molecule has 0 aromatic carbocycles. The normalized spacial score (nSPS) is 9.62. The zero-order valence-electron chi connectivity index (χ0n) is 7.36. The molecule has 0 radical (unpaired) electrons. The number of hydrogen-bond acceptors (Lipinski definition) is 4. The minimum Gasteiger partial charge on any atom is -0.375 e. The maximum Gasteiger partial charge on any atom is 0.246 e. The second kappa shape index (κ2) is 5.21. The Morgan fingerprint density at radius 2 is 2.54 bits per heavy atom. The molecule has 5 nitrogen and oxygen atoms in total. The van der Waals surface area contributed by atoms with Crippen LogP contribution in [0.4, 0.5) is 0 Å². The number of hydrogen-bond donors (Lipinski definition) is 1. The van der Waals surface area contributed by atoms with Crippen LogP contribution in [0.25, 0.3) is 0 Å². The molecule has 0 bridgehead atoms. The van der Waals surface area contributed by atoms with E-state index < -0.39 is 0 Å². The molecule has 0 spiro atoms. The SMILES string of the molecule is COCC(=O)NCc1ccncn1. The molecule has 1 heterocycles. The first-order chi connectivity index (χ1) is 6.33. The Bertz CT molecular complexity index is 263. The number of methoxy groups -OCH3 is 1. The van der Waals surface area contributed by atoms with Crippen molar-refractivity contribution in [3.05, 3.63) is 24.3 Å². The van der Waals surface area contributed by atoms with Crippen LogP contribution in [-0.4, -0.2) is 29.6 Å². The van der Waals surface area contributed by atoms with Crippen molar-refractivity contribution in [2.45, 2.75) is 6.54 Å². The number of nitrogens with zero attached hydrogens (tertiary/aromatic N) is 2. The minimum absolute atomic E-state index is 0.0745. The summed E-state index contributed by atoms with van der Waals surface area (Å²) in [5, 5.41) is 2.65. The average Bonchev–Trinajstić information content (AvgIpc) is 2.17.